The van der Waals surface area contributed by atoms with Gasteiger partial charge in [-0.1, -0.05) is 13.3 Å². The molecule has 2 atom stereocenters. The zero-order valence-electron chi connectivity index (χ0n) is 12.3. The van der Waals surface area contributed by atoms with Gasteiger partial charge >= 0.3 is 0 Å². The fourth-order valence-corrected chi connectivity index (χ4v) is 3.78. The quantitative estimate of drug-likeness (QED) is 0.839. The van der Waals surface area contributed by atoms with E-state index in [2.05, 4.69) is 33.5 Å². The lowest BCUT2D eigenvalue weighted by Crippen LogP contribution is -2.41. The summed E-state index contributed by atoms with van der Waals surface area (Å²) in [4.78, 5) is 2.62. The van der Waals surface area contributed by atoms with Crippen LogP contribution < -0.4 is 0 Å². The first-order chi connectivity index (χ1) is 9.29. The van der Waals surface area contributed by atoms with E-state index in [4.69, 9.17) is 0 Å². The third-order valence-electron chi connectivity index (χ3n) is 4.87. The maximum absolute atomic E-state index is 4.50. The molecule has 3 rings (SSSR count). The summed E-state index contributed by atoms with van der Waals surface area (Å²) in [7, 11) is 0. The minimum atomic E-state index is 0.590. The molecule has 2 aliphatic rings. The van der Waals surface area contributed by atoms with Crippen LogP contribution in [0.5, 0.6) is 0 Å². The molecular formula is C15H26N4. The van der Waals surface area contributed by atoms with Gasteiger partial charge in [-0.2, -0.15) is 0 Å². The molecule has 0 amide bonds. The first kappa shape index (κ1) is 13.1. The molecule has 1 aromatic rings. The van der Waals surface area contributed by atoms with E-state index in [0.29, 0.717) is 12.1 Å². The van der Waals surface area contributed by atoms with Crippen molar-refractivity contribution in [3.63, 3.8) is 0 Å². The Labute approximate surface area is 116 Å². The van der Waals surface area contributed by atoms with Crippen LogP contribution in [0.2, 0.25) is 0 Å². The minimum absolute atomic E-state index is 0.590. The number of aryl methyl sites for hydroxylation is 1. The summed E-state index contributed by atoms with van der Waals surface area (Å²) in [6.07, 6.45) is 8.80. The average molecular weight is 262 g/mol. The van der Waals surface area contributed by atoms with Crippen molar-refractivity contribution in [3.8, 4) is 0 Å². The fraction of sp³-hybridized carbons (Fsp3) is 0.867. The van der Waals surface area contributed by atoms with Crippen LogP contribution in [0, 0.1) is 0 Å². The van der Waals surface area contributed by atoms with Crippen molar-refractivity contribution in [2.24, 2.45) is 0 Å². The molecule has 0 N–H and O–H groups in total. The Balaban J connectivity index is 1.77. The summed E-state index contributed by atoms with van der Waals surface area (Å²) in [5, 5.41) is 8.92. The first-order valence-electron chi connectivity index (χ1n) is 7.96. The van der Waals surface area contributed by atoms with Gasteiger partial charge in [0, 0.05) is 24.9 Å². The number of likely N-dealkylation sites (N-methyl/N-ethyl adjacent to an activating group) is 1. The van der Waals surface area contributed by atoms with Gasteiger partial charge < -0.3 is 9.47 Å². The van der Waals surface area contributed by atoms with Crippen LogP contribution in [0.4, 0.5) is 0 Å². The Kier molecular flexibility index (Phi) is 3.87. The van der Waals surface area contributed by atoms with Crippen LogP contribution in [0.1, 0.15) is 63.6 Å². The molecular weight excluding hydrogens is 236 g/mol. The summed E-state index contributed by atoms with van der Waals surface area (Å²) in [5.74, 6) is 2.44. The van der Waals surface area contributed by atoms with E-state index in [0.717, 1.165) is 12.8 Å². The van der Waals surface area contributed by atoms with Crippen LogP contribution in [0.15, 0.2) is 0 Å². The Bertz CT molecular complexity index is 426. The maximum Gasteiger partial charge on any atom is 0.134 e. The van der Waals surface area contributed by atoms with E-state index in [-0.39, 0.29) is 0 Å². The van der Waals surface area contributed by atoms with Crippen molar-refractivity contribution in [1.82, 2.24) is 19.7 Å². The van der Waals surface area contributed by atoms with Crippen LogP contribution in [-0.4, -0.2) is 38.8 Å². The molecule has 0 bridgehead atoms. The molecule has 0 spiro atoms. The van der Waals surface area contributed by atoms with Crippen LogP contribution >= 0.6 is 0 Å². The summed E-state index contributed by atoms with van der Waals surface area (Å²) in [6.45, 7) is 7.02. The average Bonchev–Trinajstić information content (AvgIpc) is 2.84. The number of likely N-dealkylation sites (tertiary alicyclic amines) is 1. The molecule has 19 heavy (non-hydrogen) atoms. The maximum atomic E-state index is 4.50. The molecule has 0 aromatic carbocycles. The number of nitrogens with zero attached hydrogens (tertiary/aromatic N) is 4. The van der Waals surface area contributed by atoms with Gasteiger partial charge in [-0.25, -0.2) is 0 Å². The monoisotopic (exact) mass is 262 g/mol. The van der Waals surface area contributed by atoms with Crippen LogP contribution in [-0.2, 0) is 12.8 Å². The van der Waals surface area contributed by atoms with E-state index in [9.17, 15) is 0 Å². The molecule has 1 aromatic heterocycles. The van der Waals surface area contributed by atoms with Crippen molar-refractivity contribution in [2.75, 3.05) is 13.1 Å². The largest absolute Gasteiger partial charge is 0.312 e. The van der Waals surface area contributed by atoms with Crippen LogP contribution in [0.3, 0.4) is 0 Å². The zero-order valence-corrected chi connectivity index (χ0v) is 12.3. The van der Waals surface area contributed by atoms with Gasteiger partial charge in [-0.05, 0) is 45.7 Å². The van der Waals surface area contributed by atoms with Crippen LogP contribution in [0.25, 0.3) is 0 Å². The lowest BCUT2D eigenvalue weighted by Gasteiger charge is -2.35. The molecule has 0 aliphatic carbocycles. The SMILES string of the molecule is CCN1CCCCC1Cc1nnc2n1C(C)CCC2. The summed E-state index contributed by atoms with van der Waals surface area (Å²) >= 11 is 0. The van der Waals surface area contributed by atoms with E-state index < -0.39 is 0 Å². The molecule has 2 aliphatic heterocycles. The highest BCUT2D eigenvalue weighted by Gasteiger charge is 2.26. The molecule has 1 saturated heterocycles. The Morgan fingerprint density at radius 2 is 2.05 bits per heavy atom. The van der Waals surface area contributed by atoms with Crippen molar-refractivity contribution in [2.45, 2.75) is 70.9 Å². The summed E-state index contributed by atoms with van der Waals surface area (Å²) in [5.41, 5.74) is 0. The first-order valence-corrected chi connectivity index (χ1v) is 7.96. The van der Waals surface area contributed by atoms with E-state index in [1.807, 2.05) is 0 Å². The fourth-order valence-electron chi connectivity index (χ4n) is 3.78. The van der Waals surface area contributed by atoms with E-state index in [1.54, 1.807) is 0 Å². The number of hydrogen-bond donors (Lipinski definition) is 0. The third-order valence-corrected chi connectivity index (χ3v) is 4.87. The molecule has 4 heteroatoms. The van der Waals surface area contributed by atoms with Gasteiger partial charge in [0.2, 0.25) is 0 Å². The molecule has 0 radical (unpaired) electrons. The predicted molar refractivity (Wildman–Crippen MR) is 76.3 cm³/mol. The number of hydrogen-bond acceptors (Lipinski definition) is 3. The lowest BCUT2D eigenvalue weighted by atomic mass is 9.98. The van der Waals surface area contributed by atoms with Gasteiger partial charge in [-0.3, -0.25) is 0 Å². The summed E-state index contributed by atoms with van der Waals surface area (Å²) < 4.78 is 2.42. The molecule has 3 heterocycles. The number of rotatable bonds is 3. The zero-order chi connectivity index (χ0) is 13.2. The predicted octanol–water partition coefficient (Wildman–Crippen LogP) is 2.59. The van der Waals surface area contributed by atoms with Crippen molar-refractivity contribution >= 4 is 0 Å². The molecule has 0 saturated carbocycles. The topological polar surface area (TPSA) is 34.0 Å². The number of fused-ring (bicyclic) bond motifs is 1. The Morgan fingerprint density at radius 1 is 1.16 bits per heavy atom. The van der Waals surface area contributed by atoms with Gasteiger partial charge in [-0.15, -0.1) is 10.2 Å². The van der Waals surface area contributed by atoms with Crippen molar-refractivity contribution in [3.05, 3.63) is 11.6 Å². The molecule has 4 nitrogen and oxygen atoms in total. The highest BCUT2D eigenvalue weighted by molar-refractivity contribution is 5.04. The van der Waals surface area contributed by atoms with E-state index in [1.165, 1.54) is 56.8 Å². The van der Waals surface area contributed by atoms with Gasteiger partial charge in [0.15, 0.2) is 0 Å². The number of piperidine rings is 1. The summed E-state index contributed by atoms with van der Waals surface area (Å²) in [6, 6.07) is 1.27. The van der Waals surface area contributed by atoms with Crippen molar-refractivity contribution in [1.29, 1.82) is 0 Å². The minimum Gasteiger partial charge on any atom is -0.312 e. The smallest absolute Gasteiger partial charge is 0.134 e. The Morgan fingerprint density at radius 3 is 2.89 bits per heavy atom. The Hall–Kier alpha value is -0.900. The van der Waals surface area contributed by atoms with E-state index >= 15 is 0 Å². The highest BCUT2D eigenvalue weighted by Crippen LogP contribution is 2.27. The second-order valence-corrected chi connectivity index (χ2v) is 6.13. The third kappa shape index (κ3) is 2.55. The van der Waals surface area contributed by atoms with Gasteiger partial charge in [0.05, 0.1) is 0 Å². The second-order valence-electron chi connectivity index (χ2n) is 6.13. The standard InChI is InChI=1S/C15H26N4/c1-3-18-10-5-4-8-13(18)11-15-17-16-14-9-6-7-12(2)19(14)15/h12-13H,3-11H2,1-2H3. The van der Waals surface area contributed by atoms with Gasteiger partial charge in [0.1, 0.15) is 11.6 Å². The molecule has 106 valence electrons. The number of aromatic nitrogens is 3. The van der Waals surface area contributed by atoms with Crippen molar-refractivity contribution < 1.29 is 0 Å². The normalized spacial score (nSPS) is 28.3. The second kappa shape index (κ2) is 5.61. The molecule has 1 fully saturated rings. The highest BCUT2D eigenvalue weighted by atomic mass is 15.3. The van der Waals surface area contributed by atoms with Gasteiger partial charge in [0.25, 0.3) is 0 Å². The molecule has 2 unspecified atom stereocenters. The lowest BCUT2D eigenvalue weighted by molar-refractivity contribution is 0.152.